The highest BCUT2D eigenvalue weighted by Gasteiger charge is 2.63. The van der Waals surface area contributed by atoms with Gasteiger partial charge in [-0.15, -0.1) is 11.8 Å². The first kappa shape index (κ1) is 17.9. The molecular weight excluding hydrogens is 342 g/mol. The number of nitrogens with two attached hydrogens (primary N) is 1. The predicted molar refractivity (Wildman–Crippen MR) is 93.5 cm³/mol. The van der Waals surface area contributed by atoms with Gasteiger partial charge in [-0.1, -0.05) is 30.3 Å². The molecule has 4 N–H and O–H groups in total. The molecule has 2 aliphatic heterocycles. The van der Waals surface area contributed by atoms with Crippen LogP contribution >= 0.6 is 11.8 Å². The molecule has 3 rings (SSSR count). The van der Waals surface area contributed by atoms with E-state index in [1.54, 1.807) is 24.3 Å². The maximum atomic E-state index is 12.5. The zero-order valence-corrected chi connectivity index (χ0v) is 14.8. The summed E-state index contributed by atoms with van der Waals surface area (Å²) >= 11 is 1.45. The highest BCUT2D eigenvalue weighted by Crippen LogP contribution is 2.50. The van der Waals surface area contributed by atoms with Crippen LogP contribution in [0.5, 0.6) is 0 Å². The number of rotatable bonds is 5. The molecule has 2 fully saturated rings. The van der Waals surface area contributed by atoms with Gasteiger partial charge in [0.05, 0.1) is 0 Å². The number of hydrogen-bond acceptors (Lipinski definition) is 6. The zero-order valence-electron chi connectivity index (χ0n) is 14.0. The van der Waals surface area contributed by atoms with E-state index in [2.05, 4.69) is 5.32 Å². The zero-order chi connectivity index (χ0) is 18.4. The molecule has 0 aromatic heterocycles. The van der Waals surface area contributed by atoms with Gasteiger partial charge in [-0.05, 0) is 19.4 Å². The van der Waals surface area contributed by atoms with Crippen molar-refractivity contribution in [2.45, 2.75) is 42.1 Å². The van der Waals surface area contributed by atoms with Crippen LogP contribution in [-0.4, -0.2) is 56.4 Å². The lowest BCUT2D eigenvalue weighted by Crippen LogP contribution is -2.71. The highest BCUT2D eigenvalue weighted by molar-refractivity contribution is 8.01. The normalized spacial score (nSPS) is 28.1. The third-order valence-electron chi connectivity index (χ3n) is 4.64. The van der Waals surface area contributed by atoms with Crippen LogP contribution in [0.3, 0.4) is 0 Å². The second-order valence-corrected chi connectivity index (χ2v) is 8.53. The van der Waals surface area contributed by atoms with Gasteiger partial charge in [-0.2, -0.15) is 0 Å². The minimum Gasteiger partial charge on any atom is -0.388 e. The van der Waals surface area contributed by atoms with E-state index in [9.17, 15) is 14.4 Å². The van der Waals surface area contributed by atoms with Crippen LogP contribution in [0.15, 0.2) is 30.3 Å². The van der Waals surface area contributed by atoms with Crippen molar-refractivity contribution in [3.63, 3.8) is 0 Å². The SMILES string of the molecule is CC1(C)S[C@@H]2[C@H](NC(=O)[C@@H](N)c3ccccc3)C(=O)N2[C@H]1C(=O)CO. The van der Waals surface area contributed by atoms with Gasteiger partial charge in [0.1, 0.15) is 30.1 Å². The van der Waals surface area contributed by atoms with Crippen molar-refractivity contribution in [3.8, 4) is 0 Å². The summed E-state index contributed by atoms with van der Waals surface area (Å²) in [4.78, 5) is 38.4. The van der Waals surface area contributed by atoms with Gasteiger partial charge in [0, 0.05) is 4.75 Å². The number of aliphatic hydroxyl groups is 1. The maximum absolute atomic E-state index is 12.5. The molecule has 2 amide bonds. The highest BCUT2D eigenvalue weighted by atomic mass is 32.2. The van der Waals surface area contributed by atoms with E-state index in [4.69, 9.17) is 10.8 Å². The van der Waals surface area contributed by atoms with Gasteiger partial charge in [0.15, 0.2) is 5.78 Å². The molecule has 2 heterocycles. The van der Waals surface area contributed by atoms with Crippen LogP contribution in [0, 0.1) is 0 Å². The first-order chi connectivity index (χ1) is 11.8. The largest absolute Gasteiger partial charge is 0.388 e. The lowest BCUT2D eigenvalue weighted by Gasteiger charge is -2.44. The summed E-state index contributed by atoms with van der Waals surface area (Å²) in [6, 6.07) is 6.66. The molecule has 0 saturated carbocycles. The van der Waals surface area contributed by atoms with E-state index in [1.807, 2.05) is 19.9 Å². The van der Waals surface area contributed by atoms with Crippen LogP contribution in [-0.2, 0) is 14.4 Å². The van der Waals surface area contributed by atoms with E-state index in [0.717, 1.165) is 0 Å². The Kier molecular flexibility index (Phi) is 4.61. The van der Waals surface area contributed by atoms with Crippen LogP contribution < -0.4 is 11.1 Å². The number of hydrogen-bond donors (Lipinski definition) is 3. The molecule has 0 radical (unpaired) electrons. The van der Waals surface area contributed by atoms with Crippen molar-refractivity contribution >= 4 is 29.4 Å². The van der Waals surface area contributed by atoms with Gasteiger partial charge in [-0.25, -0.2) is 0 Å². The van der Waals surface area contributed by atoms with Crippen molar-refractivity contribution < 1.29 is 19.5 Å². The summed E-state index contributed by atoms with van der Waals surface area (Å²) < 4.78 is -0.527. The summed E-state index contributed by atoms with van der Waals surface area (Å²) in [6.45, 7) is 3.10. The Hall–Kier alpha value is -1.90. The molecule has 0 unspecified atom stereocenters. The second kappa shape index (κ2) is 6.44. The molecule has 8 heteroatoms. The fraction of sp³-hybridized carbons (Fsp3) is 0.471. The number of nitrogens with one attached hydrogen (secondary N) is 1. The lowest BCUT2D eigenvalue weighted by atomic mass is 9.92. The molecular formula is C17H21N3O4S. The smallest absolute Gasteiger partial charge is 0.249 e. The Bertz CT molecular complexity index is 709. The Morgan fingerprint density at radius 1 is 1.36 bits per heavy atom. The Morgan fingerprint density at radius 3 is 2.60 bits per heavy atom. The standard InChI is InChI=1S/C17H21N3O4S/c1-17(2)13(10(22)8-21)20-15(24)12(16(20)25-17)19-14(23)11(18)9-6-4-3-5-7-9/h3-7,11-13,16,21H,8,18H2,1-2H3,(H,19,23)/t11-,12+,13-,16+/m0/s1. The van der Waals surface area contributed by atoms with Crippen molar-refractivity contribution in [2.75, 3.05) is 6.61 Å². The van der Waals surface area contributed by atoms with E-state index >= 15 is 0 Å². The van der Waals surface area contributed by atoms with Crippen LogP contribution in [0.2, 0.25) is 0 Å². The maximum Gasteiger partial charge on any atom is 0.249 e. The number of aliphatic hydroxyl groups excluding tert-OH is 1. The van der Waals surface area contributed by atoms with Crippen LogP contribution in [0.4, 0.5) is 0 Å². The van der Waals surface area contributed by atoms with Gasteiger partial charge >= 0.3 is 0 Å². The van der Waals surface area contributed by atoms with Crippen molar-refractivity contribution in [1.82, 2.24) is 10.2 Å². The molecule has 2 saturated heterocycles. The first-order valence-corrected chi connectivity index (χ1v) is 8.90. The number of carbonyl (C=O) groups is 3. The Morgan fingerprint density at radius 2 is 2.00 bits per heavy atom. The fourth-order valence-corrected chi connectivity index (χ4v) is 5.07. The van der Waals surface area contributed by atoms with Crippen LogP contribution in [0.25, 0.3) is 0 Å². The molecule has 25 heavy (non-hydrogen) atoms. The molecule has 1 aromatic carbocycles. The fourth-order valence-electron chi connectivity index (χ4n) is 3.41. The number of fused-ring (bicyclic) bond motifs is 1. The number of amides is 2. The average molecular weight is 363 g/mol. The third kappa shape index (κ3) is 2.94. The third-order valence-corrected chi connectivity index (χ3v) is 6.21. The van der Waals surface area contributed by atoms with Crippen molar-refractivity contribution in [3.05, 3.63) is 35.9 Å². The quantitative estimate of drug-likeness (QED) is 0.624. The summed E-state index contributed by atoms with van der Waals surface area (Å²) in [7, 11) is 0. The number of β-lactam (4-membered cyclic amide) rings is 1. The summed E-state index contributed by atoms with van der Waals surface area (Å²) in [6.07, 6.45) is 0. The second-order valence-electron chi connectivity index (χ2n) is 6.76. The molecule has 7 nitrogen and oxygen atoms in total. The van der Waals surface area contributed by atoms with E-state index in [1.165, 1.54) is 16.7 Å². The molecule has 0 spiro atoms. The number of benzene rings is 1. The molecule has 4 atom stereocenters. The minimum atomic E-state index is -0.864. The number of thioether (sulfide) groups is 1. The molecule has 0 bridgehead atoms. The summed E-state index contributed by atoms with van der Waals surface area (Å²) in [5.41, 5.74) is 6.63. The van der Waals surface area contributed by atoms with E-state index in [0.29, 0.717) is 5.56 Å². The molecule has 134 valence electrons. The van der Waals surface area contributed by atoms with Gasteiger partial charge in [0.2, 0.25) is 11.8 Å². The average Bonchev–Trinajstić information content (AvgIpc) is 2.86. The van der Waals surface area contributed by atoms with E-state index < -0.39 is 35.4 Å². The topological polar surface area (TPSA) is 113 Å². The van der Waals surface area contributed by atoms with E-state index in [-0.39, 0.29) is 17.1 Å². The van der Waals surface area contributed by atoms with Crippen molar-refractivity contribution in [2.24, 2.45) is 5.73 Å². The van der Waals surface area contributed by atoms with Gasteiger partial charge in [0.25, 0.3) is 0 Å². The van der Waals surface area contributed by atoms with Gasteiger partial charge < -0.3 is 21.1 Å². The Labute approximate surface area is 149 Å². The molecule has 0 aliphatic carbocycles. The summed E-state index contributed by atoms with van der Waals surface area (Å²) in [5.74, 6) is -1.14. The summed E-state index contributed by atoms with van der Waals surface area (Å²) in [5, 5.41) is 11.5. The first-order valence-electron chi connectivity index (χ1n) is 8.02. The Balaban J connectivity index is 1.71. The number of carbonyl (C=O) groups excluding carboxylic acids is 3. The van der Waals surface area contributed by atoms with Crippen molar-refractivity contribution in [1.29, 1.82) is 0 Å². The van der Waals surface area contributed by atoms with Crippen LogP contribution in [0.1, 0.15) is 25.5 Å². The number of ketones is 1. The predicted octanol–water partition coefficient (Wildman–Crippen LogP) is -0.205. The molecule has 1 aromatic rings. The number of nitrogens with zero attached hydrogens (tertiary/aromatic N) is 1. The monoisotopic (exact) mass is 363 g/mol. The minimum absolute atomic E-state index is 0.316. The number of Topliss-reactive ketones (excluding diaryl/α,β-unsaturated/α-hetero) is 1. The molecule has 2 aliphatic rings. The van der Waals surface area contributed by atoms with Gasteiger partial charge in [-0.3, -0.25) is 14.4 Å². The lowest BCUT2D eigenvalue weighted by molar-refractivity contribution is -0.155.